The van der Waals surface area contributed by atoms with Gasteiger partial charge in [-0.1, -0.05) is 26.8 Å². The molecule has 0 saturated heterocycles. The molecular weight excluding hydrogens is 264 g/mol. The number of hydrogen-bond donors (Lipinski definition) is 3. The van der Waals surface area contributed by atoms with E-state index in [4.69, 9.17) is 5.73 Å². The summed E-state index contributed by atoms with van der Waals surface area (Å²) in [6, 6.07) is 9.59. The van der Waals surface area contributed by atoms with E-state index in [9.17, 15) is 0 Å². The maximum Gasteiger partial charge on any atom is 0.145 e. The number of nitrogens with one attached hydrogen (secondary N) is 2. The van der Waals surface area contributed by atoms with Crippen molar-refractivity contribution < 1.29 is 0 Å². The highest BCUT2D eigenvalue weighted by atomic mass is 15.2. The summed E-state index contributed by atoms with van der Waals surface area (Å²) in [7, 11) is 0. The second-order valence-corrected chi connectivity index (χ2v) is 6.03. The van der Waals surface area contributed by atoms with Crippen LogP contribution in [0.2, 0.25) is 0 Å². The zero-order chi connectivity index (χ0) is 15.0. The molecule has 3 aromatic heterocycles. The number of nitrogen functional groups attached to an aromatic ring is 1. The van der Waals surface area contributed by atoms with Crippen molar-refractivity contribution in [3.05, 3.63) is 36.0 Å². The van der Waals surface area contributed by atoms with Gasteiger partial charge in [0.2, 0.25) is 0 Å². The number of aromatic amines is 2. The predicted molar refractivity (Wildman–Crippen MR) is 82.5 cm³/mol. The van der Waals surface area contributed by atoms with Gasteiger partial charge in [-0.3, -0.25) is 10.2 Å². The number of aromatic nitrogens is 5. The van der Waals surface area contributed by atoms with E-state index in [1.54, 1.807) is 6.07 Å². The van der Waals surface area contributed by atoms with Crippen molar-refractivity contribution in [1.82, 2.24) is 25.4 Å². The number of nitrogens with two attached hydrogens (primary N) is 1. The van der Waals surface area contributed by atoms with Crippen LogP contribution in [0.3, 0.4) is 0 Å². The monoisotopic (exact) mass is 282 g/mol. The summed E-state index contributed by atoms with van der Waals surface area (Å²) in [6.07, 6.45) is 0. The van der Waals surface area contributed by atoms with E-state index >= 15 is 0 Å². The van der Waals surface area contributed by atoms with Gasteiger partial charge in [-0.25, -0.2) is 4.98 Å². The molecule has 0 aliphatic rings. The van der Waals surface area contributed by atoms with Gasteiger partial charge in [0.1, 0.15) is 11.5 Å². The third-order valence-corrected chi connectivity index (χ3v) is 3.27. The fourth-order valence-corrected chi connectivity index (χ4v) is 2.03. The van der Waals surface area contributed by atoms with Gasteiger partial charge in [0.05, 0.1) is 17.1 Å². The number of pyridine rings is 1. The van der Waals surface area contributed by atoms with Crippen LogP contribution in [-0.2, 0) is 5.41 Å². The summed E-state index contributed by atoms with van der Waals surface area (Å²) in [5.74, 6) is 0.451. The van der Waals surface area contributed by atoms with Gasteiger partial charge in [-0.05, 0) is 18.2 Å². The van der Waals surface area contributed by atoms with Gasteiger partial charge in [-0.2, -0.15) is 10.2 Å². The zero-order valence-corrected chi connectivity index (χ0v) is 12.3. The number of H-pyrrole nitrogens is 2. The SMILES string of the molecule is CC(C)(C)c1cc(-c2cccc(-c3cc(N)n[nH]3)n2)n[nH]1. The van der Waals surface area contributed by atoms with Crippen LogP contribution in [0.5, 0.6) is 0 Å². The van der Waals surface area contributed by atoms with Crippen LogP contribution in [0, 0.1) is 0 Å². The normalized spacial score (nSPS) is 11.8. The lowest BCUT2D eigenvalue weighted by Crippen LogP contribution is -2.11. The van der Waals surface area contributed by atoms with Gasteiger partial charge >= 0.3 is 0 Å². The van der Waals surface area contributed by atoms with Crippen LogP contribution >= 0.6 is 0 Å². The minimum absolute atomic E-state index is 0.0285. The molecule has 108 valence electrons. The highest BCUT2D eigenvalue weighted by Crippen LogP contribution is 2.25. The smallest absolute Gasteiger partial charge is 0.145 e. The minimum Gasteiger partial charge on any atom is -0.382 e. The van der Waals surface area contributed by atoms with E-state index in [0.29, 0.717) is 5.82 Å². The Balaban J connectivity index is 1.98. The molecule has 6 nitrogen and oxygen atoms in total. The molecule has 0 fully saturated rings. The molecule has 0 aromatic carbocycles. The van der Waals surface area contributed by atoms with Crippen molar-refractivity contribution in [3.63, 3.8) is 0 Å². The Morgan fingerprint density at radius 3 is 2.33 bits per heavy atom. The molecule has 0 bridgehead atoms. The van der Waals surface area contributed by atoms with Gasteiger partial charge in [0, 0.05) is 17.2 Å². The van der Waals surface area contributed by atoms with Crippen molar-refractivity contribution >= 4 is 5.82 Å². The first-order valence-electron chi connectivity index (χ1n) is 6.78. The summed E-state index contributed by atoms with van der Waals surface area (Å²) in [5.41, 5.74) is 9.96. The fourth-order valence-electron chi connectivity index (χ4n) is 2.03. The molecule has 4 N–H and O–H groups in total. The Bertz CT molecular complexity index is 762. The highest BCUT2D eigenvalue weighted by molar-refractivity contribution is 5.63. The first-order valence-corrected chi connectivity index (χ1v) is 6.78. The second kappa shape index (κ2) is 4.73. The van der Waals surface area contributed by atoms with Crippen molar-refractivity contribution in [3.8, 4) is 22.8 Å². The highest BCUT2D eigenvalue weighted by Gasteiger charge is 2.17. The van der Waals surface area contributed by atoms with Crippen LogP contribution in [0.1, 0.15) is 26.5 Å². The predicted octanol–water partition coefficient (Wildman–Crippen LogP) is 2.74. The van der Waals surface area contributed by atoms with E-state index in [2.05, 4.69) is 46.1 Å². The zero-order valence-electron chi connectivity index (χ0n) is 12.3. The van der Waals surface area contributed by atoms with E-state index in [0.717, 1.165) is 28.5 Å². The first kappa shape index (κ1) is 13.4. The molecule has 0 atom stereocenters. The van der Waals surface area contributed by atoms with Crippen LogP contribution in [0.25, 0.3) is 22.8 Å². The Kier molecular flexibility index (Phi) is 3.01. The molecule has 0 amide bonds. The lowest BCUT2D eigenvalue weighted by Gasteiger charge is -2.14. The third kappa shape index (κ3) is 2.65. The van der Waals surface area contributed by atoms with Crippen LogP contribution in [-0.4, -0.2) is 25.4 Å². The topological polar surface area (TPSA) is 96.3 Å². The average molecular weight is 282 g/mol. The molecule has 0 unspecified atom stereocenters. The first-order chi connectivity index (χ1) is 9.93. The maximum absolute atomic E-state index is 5.63. The molecule has 0 aliphatic heterocycles. The molecule has 3 aromatic rings. The number of nitrogens with zero attached hydrogens (tertiary/aromatic N) is 3. The lowest BCUT2D eigenvalue weighted by atomic mass is 9.92. The molecule has 0 aliphatic carbocycles. The quantitative estimate of drug-likeness (QED) is 0.673. The van der Waals surface area contributed by atoms with Gasteiger partial charge in [0.25, 0.3) is 0 Å². The van der Waals surface area contributed by atoms with Crippen molar-refractivity contribution in [2.24, 2.45) is 0 Å². The number of rotatable bonds is 2. The van der Waals surface area contributed by atoms with Crippen molar-refractivity contribution in [2.45, 2.75) is 26.2 Å². The molecule has 0 saturated carbocycles. The lowest BCUT2D eigenvalue weighted by molar-refractivity contribution is 0.567. The molecule has 6 heteroatoms. The number of anilines is 1. The van der Waals surface area contributed by atoms with E-state index in [1.165, 1.54) is 0 Å². The van der Waals surface area contributed by atoms with Gasteiger partial charge < -0.3 is 5.73 Å². The Morgan fingerprint density at radius 2 is 1.71 bits per heavy atom. The van der Waals surface area contributed by atoms with Gasteiger partial charge in [-0.15, -0.1) is 0 Å². The average Bonchev–Trinajstić information content (AvgIpc) is 3.07. The molecule has 0 spiro atoms. The number of hydrogen-bond acceptors (Lipinski definition) is 4. The van der Waals surface area contributed by atoms with Crippen molar-refractivity contribution in [2.75, 3.05) is 5.73 Å². The van der Waals surface area contributed by atoms with Gasteiger partial charge in [0.15, 0.2) is 0 Å². The molecular formula is C15H18N6. The summed E-state index contributed by atoms with van der Waals surface area (Å²) in [4.78, 5) is 4.61. The molecule has 0 radical (unpaired) electrons. The Hall–Kier alpha value is -2.63. The van der Waals surface area contributed by atoms with E-state index in [-0.39, 0.29) is 5.41 Å². The third-order valence-electron chi connectivity index (χ3n) is 3.27. The largest absolute Gasteiger partial charge is 0.382 e. The minimum atomic E-state index is 0.0285. The summed E-state index contributed by atoms with van der Waals surface area (Å²) in [5, 5.41) is 14.2. The fraction of sp³-hybridized carbons (Fsp3) is 0.267. The molecule has 3 rings (SSSR count). The summed E-state index contributed by atoms with van der Waals surface area (Å²) in [6.45, 7) is 6.42. The summed E-state index contributed by atoms with van der Waals surface area (Å²) < 4.78 is 0. The van der Waals surface area contributed by atoms with E-state index < -0.39 is 0 Å². The Labute approximate surface area is 122 Å². The van der Waals surface area contributed by atoms with Crippen LogP contribution < -0.4 is 5.73 Å². The second-order valence-electron chi connectivity index (χ2n) is 6.03. The van der Waals surface area contributed by atoms with Crippen LogP contribution in [0.4, 0.5) is 5.82 Å². The standard InChI is InChI=1S/C15H18N6/c1-15(2,3)13-7-11(18-20-13)9-5-4-6-10(17-9)12-8-14(16)21-19-12/h4-8H,1-3H3,(H,18,20)(H3,16,19,21). The molecule has 3 heterocycles. The van der Waals surface area contributed by atoms with E-state index in [1.807, 2.05) is 24.3 Å². The Morgan fingerprint density at radius 1 is 0.952 bits per heavy atom. The van der Waals surface area contributed by atoms with Crippen molar-refractivity contribution in [1.29, 1.82) is 0 Å². The maximum atomic E-state index is 5.63. The summed E-state index contributed by atoms with van der Waals surface area (Å²) >= 11 is 0. The van der Waals surface area contributed by atoms with Crippen LogP contribution in [0.15, 0.2) is 30.3 Å². The molecule has 21 heavy (non-hydrogen) atoms.